The first kappa shape index (κ1) is 18.2. The second kappa shape index (κ2) is 6.91. The third kappa shape index (κ3) is 3.19. The zero-order valence-corrected chi connectivity index (χ0v) is 17.2. The third-order valence-corrected chi connectivity index (χ3v) is 7.10. The number of carbonyl (C=O) groups is 1. The summed E-state index contributed by atoms with van der Waals surface area (Å²) in [5.41, 5.74) is 5.01. The number of fused-ring (bicyclic) bond motifs is 1. The Kier molecular flexibility index (Phi) is 4.34. The number of benzene rings is 3. The van der Waals surface area contributed by atoms with Gasteiger partial charge in [0, 0.05) is 30.4 Å². The van der Waals surface area contributed by atoms with Crippen LogP contribution in [0.1, 0.15) is 40.7 Å². The Labute approximate surface area is 172 Å². The van der Waals surface area contributed by atoms with Crippen LogP contribution in [0.3, 0.4) is 0 Å². The number of anilines is 1. The molecule has 148 valence electrons. The molecular formula is C26H28N2O. The van der Waals surface area contributed by atoms with Crippen molar-refractivity contribution in [2.45, 2.75) is 39.2 Å². The van der Waals surface area contributed by atoms with Crippen LogP contribution in [0.15, 0.2) is 60.7 Å². The highest BCUT2D eigenvalue weighted by atomic mass is 16.1. The maximum atomic E-state index is 13.1. The molecule has 1 amide bonds. The fourth-order valence-corrected chi connectivity index (χ4v) is 5.10. The summed E-state index contributed by atoms with van der Waals surface area (Å²) in [7, 11) is 0. The Hall–Kier alpha value is -2.81. The van der Waals surface area contributed by atoms with E-state index in [-0.39, 0.29) is 5.91 Å². The van der Waals surface area contributed by atoms with Gasteiger partial charge in [0.2, 0.25) is 0 Å². The van der Waals surface area contributed by atoms with Gasteiger partial charge in [0.25, 0.3) is 5.91 Å². The summed E-state index contributed by atoms with van der Waals surface area (Å²) in [4.78, 5) is 15.6. The topological polar surface area (TPSA) is 32.3 Å². The third-order valence-electron chi connectivity index (χ3n) is 7.10. The molecule has 1 atom stereocenters. The molecule has 1 saturated carbocycles. The molecule has 29 heavy (non-hydrogen) atoms. The van der Waals surface area contributed by atoms with Crippen molar-refractivity contribution in [3.8, 4) is 0 Å². The van der Waals surface area contributed by atoms with Gasteiger partial charge in [-0.05, 0) is 72.6 Å². The molecule has 1 N–H and O–H groups in total. The van der Waals surface area contributed by atoms with Gasteiger partial charge in [0.05, 0.1) is 0 Å². The average molecular weight is 385 g/mol. The quantitative estimate of drug-likeness (QED) is 0.669. The monoisotopic (exact) mass is 384 g/mol. The van der Waals surface area contributed by atoms with Crippen molar-refractivity contribution in [2.24, 2.45) is 5.41 Å². The molecular weight excluding hydrogens is 356 g/mol. The lowest BCUT2D eigenvalue weighted by Crippen LogP contribution is -2.39. The van der Waals surface area contributed by atoms with E-state index in [0.29, 0.717) is 11.5 Å². The van der Waals surface area contributed by atoms with Crippen LogP contribution in [0.5, 0.6) is 0 Å². The predicted octanol–water partition coefficient (Wildman–Crippen LogP) is 5.25. The van der Waals surface area contributed by atoms with Gasteiger partial charge in [0.15, 0.2) is 0 Å². The highest BCUT2D eigenvalue weighted by molar-refractivity contribution is 6.08. The summed E-state index contributed by atoms with van der Waals surface area (Å²) in [6.07, 6.45) is 3.42. The first-order valence-corrected chi connectivity index (χ1v) is 10.7. The number of nitrogens with zero attached hydrogens (tertiary/aromatic N) is 1. The van der Waals surface area contributed by atoms with Gasteiger partial charge in [-0.2, -0.15) is 0 Å². The molecule has 3 aromatic carbocycles. The Morgan fingerprint density at radius 2 is 1.59 bits per heavy atom. The van der Waals surface area contributed by atoms with E-state index in [1.807, 2.05) is 18.2 Å². The minimum absolute atomic E-state index is 0.0735. The van der Waals surface area contributed by atoms with Crippen molar-refractivity contribution in [1.82, 2.24) is 5.32 Å². The summed E-state index contributed by atoms with van der Waals surface area (Å²) in [6, 6.07) is 21.2. The van der Waals surface area contributed by atoms with E-state index in [2.05, 4.69) is 66.5 Å². The number of nitrogens with one attached hydrogen (secondary N) is 1. The molecule has 1 aliphatic heterocycles. The second-order valence-corrected chi connectivity index (χ2v) is 8.84. The summed E-state index contributed by atoms with van der Waals surface area (Å²) in [5, 5.41) is 5.56. The van der Waals surface area contributed by atoms with Crippen LogP contribution in [-0.2, 0) is 0 Å². The van der Waals surface area contributed by atoms with Crippen LogP contribution in [0.4, 0.5) is 5.69 Å². The molecule has 1 spiro atoms. The number of hydrogen-bond donors (Lipinski definition) is 1. The van der Waals surface area contributed by atoms with Crippen LogP contribution in [0, 0.1) is 19.3 Å². The summed E-state index contributed by atoms with van der Waals surface area (Å²) < 4.78 is 0. The molecule has 0 aromatic heterocycles. The number of piperidine rings is 1. The van der Waals surface area contributed by atoms with Gasteiger partial charge in [-0.25, -0.2) is 0 Å². The zero-order valence-electron chi connectivity index (χ0n) is 17.2. The molecule has 0 radical (unpaired) electrons. The van der Waals surface area contributed by atoms with Gasteiger partial charge in [-0.3, -0.25) is 4.79 Å². The highest BCUT2D eigenvalue weighted by Crippen LogP contribution is 2.54. The predicted molar refractivity (Wildman–Crippen MR) is 120 cm³/mol. The summed E-state index contributed by atoms with van der Waals surface area (Å²) in [6.45, 7) is 6.43. The smallest absolute Gasteiger partial charge is 0.252 e. The molecule has 1 unspecified atom stereocenters. The van der Waals surface area contributed by atoms with E-state index in [9.17, 15) is 4.79 Å². The van der Waals surface area contributed by atoms with Crippen molar-refractivity contribution in [3.05, 3.63) is 77.4 Å². The lowest BCUT2D eigenvalue weighted by Gasteiger charge is -2.35. The maximum absolute atomic E-state index is 13.1. The lowest BCUT2D eigenvalue weighted by molar-refractivity contribution is 0.0945. The average Bonchev–Trinajstić information content (AvgIpc) is 3.40. The van der Waals surface area contributed by atoms with Crippen LogP contribution in [0.25, 0.3) is 10.8 Å². The molecule has 2 aliphatic rings. The van der Waals surface area contributed by atoms with Crippen molar-refractivity contribution in [2.75, 3.05) is 18.0 Å². The van der Waals surface area contributed by atoms with Gasteiger partial charge >= 0.3 is 0 Å². The largest absolute Gasteiger partial charge is 0.371 e. The molecule has 5 rings (SSSR count). The van der Waals surface area contributed by atoms with E-state index < -0.39 is 0 Å². The van der Waals surface area contributed by atoms with E-state index in [4.69, 9.17) is 0 Å². The first-order valence-electron chi connectivity index (χ1n) is 10.7. The maximum Gasteiger partial charge on any atom is 0.252 e. The van der Waals surface area contributed by atoms with Crippen LogP contribution < -0.4 is 10.2 Å². The van der Waals surface area contributed by atoms with E-state index in [0.717, 1.165) is 48.7 Å². The van der Waals surface area contributed by atoms with E-state index in [1.54, 1.807) is 0 Å². The number of para-hydroxylation sites is 1. The van der Waals surface area contributed by atoms with Crippen LogP contribution in [0.2, 0.25) is 0 Å². The van der Waals surface area contributed by atoms with Crippen molar-refractivity contribution < 1.29 is 4.79 Å². The number of carbonyl (C=O) groups excluding carboxylic acids is 1. The number of amides is 1. The Morgan fingerprint density at radius 1 is 0.897 bits per heavy atom. The standard InChI is InChI=1S/C26H28N2O/c1-18-11-12-22(21-9-5-4-8-20(18)21)25(29)27-24-17-26(24)13-15-28(16-14-26)23-10-6-3-7-19(23)2/h3-12,24H,13-17H2,1-2H3,(H,27,29). The van der Waals surface area contributed by atoms with Gasteiger partial charge in [0.1, 0.15) is 0 Å². The Morgan fingerprint density at radius 3 is 2.34 bits per heavy atom. The highest BCUT2D eigenvalue weighted by Gasteiger charge is 2.55. The van der Waals surface area contributed by atoms with Crippen molar-refractivity contribution in [3.63, 3.8) is 0 Å². The van der Waals surface area contributed by atoms with Crippen molar-refractivity contribution >= 4 is 22.4 Å². The van der Waals surface area contributed by atoms with E-state index >= 15 is 0 Å². The first-order chi connectivity index (χ1) is 14.1. The van der Waals surface area contributed by atoms with Crippen molar-refractivity contribution in [1.29, 1.82) is 0 Å². The minimum Gasteiger partial charge on any atom is -0.371 e. The molecule has 3 nitrogen and oxygen atoms in total. The van der Waals surface area contributed by atoms with Gasteiger partial charge in [-0.15, -0.1) is 0 Å². The number of aryl methyl sites for hydroxylation is 2. The molecule has 1 heterocycles. The molecule has 3 heteroatoms. The molecule has 1 aliphatic carbocycles. The number of rotatable bonds is 3. The van der Waals surface area contributed by atoms with Gasteiger partial charge in [-0.1, -0.05) is 48.5 Å². The Balaban J connectivity index is 1.27. The molecule has 0 bridgehead atoms. The second-order valence-electron chi connectivity index (χ2n) is 8.84. The molecule has 1 saturated heterocycles. The summed E-state index contributed by atoms with van der Waals surface area (Å²) in [5.74, 6) is 0.0735. The SMILES string of the molecule is Cc1ccccc1N1CCC2(CC1)CC2NC(=O)c1ccc(C)c2ccccc12. The number of hydrogen-bond acceptors (Lipinski definition) is 2. The fourth-order valence-electron chi connectivity index (χ4n) is 5.10. The molecule has 3 aromatic rings. The molecule has 2 fully saturated rings. The fraction of sp³-hybridized carbons (Fsp3) is 0.346. The lowest BCUT2D eigenvalue weighted by atomic mass is 9.91. The Bertz CT molecular complexity index is 1080. The van der Waals surface area contributed by atoms with Gasteiger partial charge < -0.3 is 10.2 Å². The normalized spacial score (nSPS) is 20.1. The van der Waals surface area contributed by atoms with Crippen LogP contribution in [-0.4, -0.2) is 25.0 Å². The zero-order chi connectivity index (χ0) is 20.0. The summed E-state index contributed by atoms with van der Waals surface area (Å²) >= 11 is 0. The van der Waals surface area contributed by atoms with E-state index in [1.165, 1.54) is 16.8 Å². The van der Waals surface area contributed by atoms with Crippen LogP contribution >= 0.6 is 0 Å². The minimum atomic E-state index is 0.0735.